The molecule has 0 bridgehead atoms. The summed E-state index contributed by atoms with van der Waals surface area (Å²) in [5.41, 5.74) is 2.74. The van der Waals surface area contributed by atoms with E-state index in [1.165, 1.54) is 6.07 Å². The molecule has 0 aliphatic heterocycles. The number of rotatable bonds is 3. The average Bonchev–Trinajstić information content (AvgIpc) is 1.83. The topological polar surface area (TPSA) is 76.1 Å². The number of carbonyl (C=O) groups is 1. The molecule has 0 aliphatic carbocycles. The van der Waals surface area contributed by atoms with Crippen molar-refractivity contribution in [3.63, 3.8) is 0 Å². The summed E-state index contributed by atoms with van der Waals surface area (Å²) < 4.78 is 27.8. The molecule has 1 unspecified atom stereocenters. The third-order valence-corrected chi connectivity index (χ3v) is 1.11. The van der Waals surface area contributed by atoms with Gasteiger partial charge in [-0.25, -0.2) is 13.6 Å². The number of hydrogen-bond donors (Lipinski definition) is 1. The van der Waals surface area contributed by atoms with E-state index in [1.54, 1.807) is 0 Å². The fourth-order valence-corrected chi connectivity index (χ4v) is 0.627. The Labute approximate surface area is 67.9 Å². The van der Waals surface area contributed by atoms with E-state index in [-0.39, 0.29) is 0 Å². The highest BCUT2D eigenvalue weighted by atomic mass is 19.3. The van der Waals surface area contributed by atoms with E-state index in [0.717, 1.165) is 6.92 Å². The van der Waals surface area contributed by atoms with Crippen molar-refractivity contribution in [2.24, 2.45) is 5.73 Å². The molecule has 68 valence electrons. The first-order valence-electron chi connectivity index (χ1n) is 3.07. The molecule has 0 aromatic heterocycles. The Kier molecular flexibility index (Phi) is 3.41. The molecule has 1 atom stereocenters. The second-order valence-electron chi connectivity index (χ2n) is 2.36. The van der Waals surface area contributed by atoms with Crippen LogP contribution in [0.1, 0.15) is 13.3 Å². The molecule has 12 heavy (non-hydrogen) atoms. The predicted molar refractivity (Wildman–Crippen MR) is 35.3 cm³/mol. The van der Waals surface area contributed by atoms with Gasteiger partial charge in [-0.2, -0.15) is 5.26 Å². The number of nitrogens with two attached hydrogens (primary N) is 1. The summed E-state index contributed by atoms with van der Waals surface area (Å²) in [4.78, 5) is 10.2. The highest BCUT2D eigenvalue weighted by Gasteiger charge is 2.31. The lowest BCUT2D eigenvalue weighted by Gasteiger charge is -2.19. The number of alkyl halides is 2. The van der Waals surface area contributed by atoms with Gasteiger partial charge in [-0.1, -0.05) is 0 Å². The van der Waals surface area contributed by atoms with Gasteiger partial charge in [0, 0.05) is 0 Å². The first-order chi connectivity index (χ1) is 5.39. The average molecular weight is 178 g/mol. The minimum atomic E-state index is -2.71. The molecule has 2 N–H and O–H groups in total. The SMILES string of the molecule is CC(C#N)(CC(F)F)OC(N)=O. The van der Waals surface area contributed by atoms with Crippen molar-refractivity contribution in [2.75, 3.05) is 0 Å². The van der Waals surface area contributed by atoms with Crippen molar-refractivity contribution in [3.8, 4) is 6.07 Å². The molecule has 0 aromatic rings. The minimum absolute atomic E-state index is 0.841. The van der Waals surface area contributed by atoms with Gasteiger partial charge in [0.2, 0.25) is 12.0 Å². The van der Waals surface area contributed by atoms with E-state index in [9.17, 15) is 13.6 Å². The Bertz CT molecular complexity index is 214. The van der Waals surface area contributed by atoms with E-state index in [2.05, 4.69) is 10.5 Å². The van der Waals surface area contributed by atoms with E-state index < -0.39 is 24.5 Å². The zero-order valence-corrected chi connectivity index (χ0v) is 6.38. The highest BCUT2D eigenvalue weighted by Crippen LogP contribution is 2.18. The van der Waals surface area contributed by atoms with Crippen molar-refractivity contribution in [1.29, 1.82) is 5.26 Å². The zero-order chi connectivity index (χ0) is 9.78. The first kappa shape index (κ1) is 10.6. The van der Waals surface area contributed by atoms with Crippen molar-refractivity contribution in [1.82, 2.24) is 0 Å². The molecule has 0 saturated heterocycles. The van der Waals surface area contributed by atoms with Crippen molar-refractivity contribution in [3.05, 3.63) is 0 Å². The fourth-order valence-electron chi connectivity index (χ4n) is 0.627. The molecule has 0 heterocycles. The van der Waals surface area contributed by atoms with Crippen LogP contribution < -0.4 is 5.73 Å². The fraction of sp³-hybridized carbons (Fsp3) is 0.667. The third kappa shape index (κ3) is 3.71. The zero-order valence-electron chi connectivity index (χ0n) is 6.38. The van der Waals surface area contributed by atoms with Gasteiger partial charge in [0.25, 0.3) is 0 Å². The number of carbonyl (C=O) groups excluding carboxylic acids is 1. The van der Waals surface area contributed by atoms with Crippen molar-refractivity contribution in [2.45, 2.75) is 25.4 Å². The standard InChI is InChI=1S/C6H8F2N2O2/c1-6(3-9,2-4(7)8)12-5(10)11/h4H,2H2,1H3,(H2,10,11). The molecule has 0 aliphatic rings. The lowest BCUT2D eigenvalue weighted by molar-refractivity contribution is 0.0152. The quantitative estimate of drug-likeness (QED) is 0.700. The molecule has 0 rings (SSSR count). The molecule has 0 radical (unpaired) electrons. The van der Waals surface area contributed by atoms with E-state index in [0.29, 0.717) is 0 Å². The maximum atomic E-state index is 11.8. The van der Waals surface area contributed by atoms with Gasteiger partial charge in [-0.15, -0.1) is 0 Å². The maximum Gasteiger partial charge on any atom is 0.406 e. The monoisotopic (exact) mass is 178 g/mol. The number of amides is 1. The molecule has 0 spiro atoms. The molecule has 1 amide bonds. The predicted octanol–water partition coefficient (Wildman–Crippen LogP) is 1.02. The van der Waals surface area contributed by atoms with Crippen LogP contribution in [0.4, 0.5) is 13.6 Å². The van der Waals surface area contributed by atoms with Gasteiger partial charge < -0.3 is 10.5 Å². The van der Waals surface area contributed by atoms with Crippen LogP contribution in [-0.4, -0.2) is 18.1 Å². The number of hydrogen-bond acceptors (Lipinski definition) is 3. The van der Waals surface area contributed by atoms with Crippen LogP contribution in [0.25, 0.3) is 0 Å². The van der Waals surface area contributed by atoms with Crippen LogP contribution in [0.2, 0.25) is 0 Å². The number of nitriles is 1. The van der Waals surface area contributed by atoms with Crippen LogP contribution >= 0.6 is 0 Å². The van der Waals surface area contributed by atoms with Crippen LogP contribution in [-0.2, 0) is 4.74 Å². The van der Waals surface area contributed by atoms with Gasteiger partial charge in [-0.05, 0) is 6.92 Å². The number of ether oxygens (including phenoxy) is 1. The Morgan fingerprint density at radius 1 is 1.83 bits per heavy atom. The van der Waals surface area contributed by atoms with E-state index in [4.69, 9.17) is 5.26 Å². The Balaban J connectivity index is 4.27. The van der Waals surface area contributed by atoms with Gasteiger partial charge in [0.1, 0.15) is 6.07 Å². The van der Waals surface area contributed by atoms with Gasteiger partial charge in [0.15, 0.2) is 0 Å². The summed E-state index contributed by atoms with van der Waals surface area (Å²) in [6.45, 7) is 1.07. The number of primary amides is 1. The minimum Gasteiger partial charge on any atom is -0.428 e. The molecular weight excluding hydrogens is 170 g/mol. The van der Waals surface area contributed by atoms with E-state index in [1.807, 2.05) is 0 Å². The maximum absolute atomic E-state index is 11.8. The molecule has 0 saturated carbocycles. The molecule has 0 fully saturated rings. The molecular formula is C6H8F2N2O2. The Hall–Kier alpha value is -1.38. The normalized spacial score (nSPS) is 14.9. The second-order valence-corrected chi connectivity index (χ2v) is 2.36. The number of nitrogens with zero attached hydrogens (tertiary/aromatic N) is 1. The Morgan fingerprint density at radius 2 is 2.33 bits per heavy atom. The lowest BCUT2D eigenvalue weighted by atomic mass is 10.1. The Morgan fingerprint density at radius 3 is 2.58 bits per heavy atom. The number of halogens is 2. The second kappa shape index (κ2) is 3.85. The van der Waals surface area contributed by atoms with Crippen LogP contribution in [0.5, 0.6) is 0 Å². The largest absolute Gasteiger partial charge is 0.428 e. The van der Waals surface area contributed by atoms with E-state index >= 15 is 0 Å². The van der Waals surface area contributed by atoms with Crippen molar-refractivity contribution < 1.29 is 18.3 Å². The highest BCUT2D eigenvalue weighted by molar-refractivity contribution is 5.65. The summed E-state index contributed by atoms with van der Waals surface area (Å²) in [5.74, 6) is 0. The summed E-state index contributed by atoms with van der Waals surface area (Å²) in [6, 6.07) is 1.44. The summed E-state index contributed by atoms with van der Waals surface area (Å²) in [6.07, 6.45) is -4.79. The van der Waals surface area contributed by atoms with Crippen LogP contribution in [0.3, 0.4) is 0 Å². The molecule has 6 heteroatoms. The van der Waals surface area contributed by atoms with Gasteiger partial charge in [0.05, 0.1) is 6.42 Å². The lowest BCUT2D eigenvalue weighted by Crippen LogP contribution is -2.34. The summed E-state index contributed by atoms with van der Waals surface area (Å²) in [5, 5.41) is 8.37. The van der Waals surface area contributed by atoms with Crippen LogP contribution in [0, 0.1) is 11.3 Å². The van der Waals surface area contributed by atoms with Crippen molar-refractivity contribution >= 4 is 6.09 Å². The third-order valence-electron chi connectivity index (χ3n) is 1.11. The summed E-state index contributed by atoms with van der Waals surface area (Å²) in [7, 11) is 0. The molecule has 0 aromatic carbocycles. The first-order valence-corrected chi connectivity index (χ1v) is 3.07. The summed E-state index contributed by atoms with van der Waals surface area (Å²) >= 11 is 0. The van der Waals surface area contributed by atoms with Gasteiger partial charge >= 0.3 is 6.09 Å². The smallest absolute Gasteiger partial charge is 0.406 e. The molecule has 4 nitrogen and oxygen atoms in total. The van der Waals surface area contributed by atoms with Crippen LogP contribution in [0.15, 0.2) is 0 Å². The van der Waals surface area contributed by atoms with Gasteiger partial charge in [-0.3, -0.25) is 0 Å².